The summed E-state index contributed by atoms with van der Waals surface area (Å²) in [5.41, 5.74) is 5.83. The number of nitrogens with zero attached hydrogens (tertiary/aromatic N) is 2. The van der Waals surface area contributed by atoms with Crippen LogP contribution >= 0.6 is 0 Å². The Hall–Kier alpha value is -1.07. The molecule has 5 heteroatoms. The molecule has 80 valence electrons. The quantitative estimate of drug-likeness (QED) is 0.609. The number of carbonyl (C=O) groups excluding carboxylic acids is 1. The first-order valence-corrected chi connectivity index (χ1v) is 4.71. The summed E-state index contributed by atoms with van der Waals surface area (Å²) in [6.07, 6.45) is 1.76. The van der Waals surface area contributed by atoms with E-state index in [-0.39, 0.29) is 5.91 Å². The number of amides is 1. The van der Waals surface area contributed by atoms with Crippen molar-refractivity contribution in [1.29, 1.82) is 0 Å². The minimum absolute atomic E-state index is 0.351. The Morgan fingerprint density at radius 2 is 2.43 bits per heavy atom. The number of hydrogen-bond acceptors (Lipinski definition) is 4. The van der Waals surface area contributed by atoms with E-state index in [4.69, 9.17) is 10.5 Å². The summed E-state index contributed by atoms with van der Waals surface area (Å²) < 4.78 is 5.23. The predicted molar refractivity (Wildman–Crippen MR) is 53.1 cm³/mol. The molecular weight excluding hydrogens is 182 g/mol. The molecule has 0 fully saturated rings. The van der Waals surface area contributed by atoms with Crippen LogP contribution in [0.4, 0.5) is 0 Å². The van der Waals surface area contributed by atoms with Crippen LogP contribution in [-0.2, 0) is 9.53 Å². The lowest BCUT2D eigenvalue weighted by atomic mass is 10.3. The molecule has 0 aromatic carbocycles. The van der Waals surface area contributed by atoms with Crippen molar-refractivity contribution in [3.8, 4) is 0 Å². The van der Waals surface area contributed by atoms with Crippen LogP contribution in [0.15, 0.2) is 11.8 Å². The fourth-order valence-corrected chi connectivity index (χ4v) is 1.35. The van der Waals surface area contributed by atoms with Gasteiger partial charge in [-0.25, -0.2) is 5.01 Å². The summed E-state index contributed by atoms with van der Waals surface area (Å²) in [6.45, 7) is 4.70. The zero-order valence-corrected chi connectivity index (χ0v) is 8.69. The number of nitrogens with two attached hydrogens (primary N) is 1. The SMILES string of the molecule is CCOCCN1CC(C(N)=O)=CN1C. The van der Waals surface area contributed by atoms with Gasteiger partial charge in [0.2, 0.25) is 5.91 Å². The van der Waals surface area contributed by atoms with Crippen LogP contribution in [0.2, 0.25) is 0 Å². The molecule has 1 heterocycles. The summed E-state index contributed by atoms with van der Waals surface area (Å²) in [5.74, 6) is -0.351. The third kappa shape index (κ3) is 2.71. The van der Waals surface area contributed by atoms with Crippen molar-refractivity contribution in [3.63, 3.8) is 0 Å². The van der Waals surface area contributed by atoms with Crippen LogP contribution in [0, 0.1) is 0 Å². The van der Waals surface area contributed by atoms with Gasteiger partial charge in [-0.3, -0.25) is 4.79 Å². The Morgan fingerprint density at radius 3 is 2.93 bits per heavy atom. The van der Waals surface area contributed by atoms with Gasteiger partial charge in [0, 0.05) is 32.0 Å². The monoisotopic (exact) mass is 199 g/mol. The number of hydrazine groups is 1. The molecule has 0 saturated heterocycles. The van der Waals surface area contributed by atoms with Crippen molar-refractivity contribution in [2.75, 3.05) is 33.4 Å². The van der Waals surface area contributed by atoms with Crippen LogP contribution in [0.5, 0.6) is 0 Å². The average molecular weight is 199 g/mol. The maximum absolute atomic E-state index is 10.9. The second kappa shape index (κ2) is 4.97. The highest BCUT2D eigenvalue weighted by Crippen LogP contribution is 2.11. The lowest BCUT2D eigenvalue weighted by Gasteiger charge is -2.24. The van der Waals surface area contributed by atoms with E-state index in [0.29, 0.717) is 25.3 Å². The lowest BCUT2D eigenvalue weighted by Crippen LogP contribution is -2.35. The maximum Gasteiger partial charge on any atom is 0.247 e. The summed E-state index contributed by atoms with van der Waals surface area (Å²) >= 11 is 0. The first-order valence-electron chi connectivity index (χ1n) is 4.71. The highest BCUT2D eigenvalue weighted by atomic mass is 16.5. The van der Waals surface area contributed by atoms with Gasteiger partial charge in [-0.2, -0.15) is 0 Å². The first-order chi connectivity index (χ1) is 6.65. The largest absolute Gasteiger partial charge is 0.380 e. The third-order valence-corrected chi connectivity index (χ3v) is 2.16. The van der Waals surface area contributed by atoms with E-state index in [2.05, 4.69) is 0 Å². The molecule has 1 rings (SSSR count). The van der Waals surface area contributed by atoms with Gasteiger partial charge in [0.15, 0.2) is 0 Å². The van der Waals surface area contributed by atoms with Gasteiger partial charge in [-0.1, -0.05) is 0 Å². The smallest absolute Gasteiger partial charge is 0.247 e. The van der Waals surface area contributed by atoms with E-state index in [1.54, 1.807) is 6.20 Å². The molecule has 0 unspecified atom stereocenters. The maximum atomic E-state index is 10.9. The molecule has 2 N–H and O–H groups in total. The van der Waals surface area contributed by atoms with E-state index < -0.39 is 0 Å². The summed E-state index contributed by atoms with van der Waals surface area (Å²) in [7, 11) is 1.89. The molecule has 0 radical (unpaired) electrons. The van der Waals surface area contributed by atoms with Crippen molar-refractivity contribution in [2.24, 2.45) is 5.73 Å². The second-order valence-corrected chi connectivity index (χ2v) is 3.18. The van der Waals surface area contributed by atoms with Crippen LogP contribution in [0.3, 0.4) is 0 Å². The zero-order chi connectivity index (χ0) is 10.6. The topological polar surface area (TPSA) is 58.8 Å². The normalized spacial score (nSPS) is 17.3. The van der Waals surface area contributed by atoms with E-state index in [0.717, 1.165) is 6.54 Å². The van der Waals surface area contributed by atoms with E-state index in [1.165, 1.54) is 0 Å². The molecule has 1 amide bonds. The van der Waals surface area contributed by atoms with Gasteiger partial charge in [0.25, 0.3) is 0 Å². The van der Waals surface area contributed by atoms with Crippen molar-refractivity contribution in [2.45, 2.75) is 6.92 Å². The van der Waals surface area contributed by atoms with Crippen molar-refractivity contribution in [3.05, 3.63) is 11.8 Å². The summed E-state index contributed by atoms with van der Waals surface area (Å²) in [4.78, 5) is 10.9. The van der Waals surface area contributed by atoms with E-state index in [9.17, 15) is 4.79 Å². The lowest BCUT2D eigenvalue weighted by molar-refractivity contribution is -0.114. The molecule has 1 aliphatic heterocycles. The molecule has 0 spiro atoms. The van der Waals surface area contributed by atoms with Crippen LogP contribution < -0.4 is 5.73 Å². The van der Waals surface area contributed by atoms with Crippen LogP contribution in [0.25, 0.3) is 0 Å². The average Bonchev–Trinajstić information content (AvgIpc) is 2.49. The highest BCUT2D eigenvalue weighted by molar-refractivity contribution is 5.92. The van der Waals surface area contributed by atoms with Crippen molar-refractivity contribution in [1.82, 2.24) is 10.0 Å². The Kier molecular flexibility index (Phi) is 3.91. The van der Waals surface area contributed by atoms with Crippen molar-refractivity contribution < 1.29 is 9.53 Å². The Bertz CT molecular complexity index is 240. The van der Waals surface area contributed by atoms with E-state index in [1.807, 2.05) is 24.0 Å². The molecule has 0 saturated carbocycles. The Labute approximate surface area is 84.1 Å². The third-order valence-electron chi connectivity index (χ3n) is 2.16. The van der Waals surface area contributed by atoms with Gasteiger partial charge >= 0.3 is 0 Å². The molecule has 14 heavy (non-hydrogen) atoms. The molecule has 0 atom stereocenters. The van der Waals surface area contributed by atoms with Gasteiger partial charge in [-0.15, -0.1) is 0 Å². The molecule has 1 aliphatic rings. The van der Waals surface area contributed by atoms with E-state index >= 15 is 0 Å². The number of ether oxygens (including phenoxy) is 1. The predicted octanol–water partition coefficient (Wildman–Crippen LogP) is -0.445. The zero-order valence-electron chi connectivity index (χ0n) is 8.69. The second-order valence-electron chi connectivity index (χ2n) is 3.18. The molecule has 5 nitrogen and oxygen atoms in total. The molecule has 0 aliphatic carbocycles. The first kappa shape index (κ1) is 11.0. The molecular formula is C9H17N3O2. The number of primary amides is 1. The Morgan fingerprint density at radius 1 is 1.71 bits per heavy atom. The van der Waals surface area contributed by atoms with Gasteiger partial charge in [0.05, 0.1) is 13.2 Å². The fraction of sp³-hybridized carbons (Fsp3) is 0.667. The Balaban J connectivity index is 2.35. The van der Waals surface area contributed by atoms with Gasteiger partial charge < -0.3 is 15.5 Å². The highest BCUT2D eigenvalue weighted by Gasteiger charge is 2.21. The number of rotatable bonds is 5. The number of hydrogen-bond donors (Lipinski definition) is 1. The van der Waals surface area contributed by atoms with Crippen LogP contribution in [-0.4, -0.2) is 49.3 Å². The number of carbonyl (C=O) groups is 1. The summed E-state index contributed by atoms with van der Waals surface area (Å²) in [6, 6.07) is 0. The minimum Gasteiger partial charge on any atom is -0.380 e. The fourth-order valence-electron chi connectivity index (χ4n) is 1.35. The molecule has 0 bridgehead atoms. The standard InChI is InChI=1S/C9H17N3O2/c1-3-14-5-4-12-7-8(9(10)13)6-11(12)2/h6H,3-5,7H2,1-2H3,(H2,10,13). The molecule has 0 aromatic rings. The van der Waals surface area contributed by atoms with Gasteiger partial charge in [-0.05, 0) is 6.92 Å². The summed E-state index contributed by atoms with van der Waals surface area (Å²) in [5, 5.41) is 3.88. The minimum atomic E-state index is -0.351. The van der Waals surface area contributed by atoms with Gasteiger partial charge in [0.1, 0.15) is 0 Å². The van der Waals surface area contributed by atoms with Crippen molar-refractivity contribution >= 4 is 5.91 Å². The molecule has 0 aromatic heterocycles. The van der Waals surface area contributed by atoms with Crippen LogP contribution in [0.1, 0.15) is 6.92 Å².